The largest absolute Gasteiger partial charge is 0.294 e. The van der Waals surface area contributed by atoms with E-state index in [1.807, 2.05) is 0 Å². The molecule has 0 saturated carbocycles. The molecule has 16 heavy (non-hydrogen) atoms. The quantitative estimate of drug-likeness (QED) is 0.696. The second-order valence-electron chi connectivity index (χ2n) is 5.42. The zero-order valence-electron chi connectivity index (χ0n) is 10.6. The first-order valence-corrected chi connectivity index (χ1v) is 6.16. The van der Waals surface area contributed by atoms with Crippen molar-refractivity contribution in [3.05, 3.63) is 34.4 Å². The minimum atomic E-state index is 0.341. The third-order valence-electron chi connectivity index (χ3n) is 3.54. The van der Waals surface area contributed by atoms with E-state index in [0.717, 1.165) is 24.0 Å². The van der Waals surface area contributed by atoms with Gasteiger partial charge in [-0.05, 0) is 41.9 Å². The molecule has 86 valence electrons. The molecule has 0 fully saturated rings. The number of carbonyl (C=O) groups is 1. The molecule has 0 aromatic heterocycles. The minimum absolute atomic E-state index is 0.341. The molecule has 0 saturated heterocycles. The van der Waals surface area contributed by atoms with Crippen LogP contribution >= 0.6 is 0 Å². The molecule has 0 spiro atoms. The average Bonchev–Trinajstić information content (AvgIpc) is 2.15. The van der Waals surface area contributed by atoms with Crippen molar-refractivity contribution in [1.29, 1.82) is 0 Å². The fourth-order valence-corrected chi connectivity index (χ4v) is 2.77. The van der Waals surface area contributed by atoms with E-state index in [4.69, 9.17) is 0 Å². The lowest BCUT2D eigenvalue weighted by atomic mass is 9.78. The van der Waals surface area contributed by atoms with Gasteiger partial charge in [-0.3, -0.25) is 4.79 Å². The average molecular weight is 216 g/mol. The second-order valence-corrected chi connectivity index (χ2v) is 5.42. The molecule has 0 bridgehead atoms. The lowest BCUT2D eigenvalue weighted by molar-refractivity contribution is 0.0952. The Morgan fingerprint density at radius 3 is 2.56 bits per heavy atom. The molecule has 0 heterocycles. The molecule has 1 aromatic carbocycles. The van der Waals surface area contributed by atoms with Crippen molar-refractivity contribution in [2.75, 3.05) is 0 Å². The number of fused-ring (bicyclic) bond motifs is 1. The maximum Gasteiger partial charge on any atom is 0.163 e. The number of aryl methyl sites for hydroxylation is 1. The van der Waals surface area contributed by atoms with Crippen LogP contribution in [0.25, 0.3) is 0 Å². The van der Waals surface area contributed by atoms with Gasteiger partial charge in [-0.15, -0.1) is 0 Å². The Balaban J connectivity index is 2.63. The zero-order valence-corrected chi connectivity index (χ0v) is 10.6. The van der Waals surface area contributed by atoms with Gasteiger partial charge in [0.05, 0.1) is 0 Å². The molecule has 1 aromatic rings. The summed E-state index contributed by atoms with van der Waals surface area (Å²) in [6.45, 7) is 8.63. The van der Waals surface area contributed by atoms with E-state index in [-0.39, 0.29) is 0 Å². The van der Waals surface area contributed by atoms with Crippen LogP contribution in [0.15, 0.2) is 12.1 Å². The molecule has 0 radical (unpaired) electrons. The third-order valence-corrected chi connectivity index (χ3v) is 3.54. The Morgan fingerprint density at radius 1 is 1.25 bits per heavy atom. The first kappa shape index (κ1) is 11.4. The van der Waals surface area contributed by atoms with Crippen molar-refractivity contribution >= 4 is 5.78 Å². The molecule has 2 rings (SSSR count). The Morgan fingerprint density at radius 2 is 1.94 bits per heavy atom. The maximum atomic E-state index is 12.1. The lowest BCUT2D eigenvalue weighted by Gasteiger charge is -2.26. The summed E-state index contributed by atoms with van der Waals surface area (Å²) in [5, 5.41) is 0. The summed E-state index contributed by atoms with van der Waals surface area (Å²) >= 11 is 0. The molecular weight excluding hydrogens is 196 g/mol. The lowest BCUT2D eigenvalue weighted by Crippen LogP contribution is -2.21. The molecule has 1 atom stereocenters. The SMILES string of the molecule is Cc1ccc(C(C)C)c2c1C(=O)CC(C)C2. The predicted octanol–water partition coefficient (Wildman–Crippen LogP) is 3.88. The van der Waals surface area contributed by atoms with Gasteiger partial charge in [0.2, 0.25) is 0 Å². The summed E-state index contributed by atoms with van der Waals surface area (Å²) in [7, 11) is 0. The summed E-state index contributed by atoms with van der Waals surface area (Å²) in [4.78, 5) is 12.1. The molecule has 0 amide bonds. The van der Waals surface area contributed by atoms with Gasteiger partial charge in [-0.1, -0.05) is 32.9 Å². The van der Waals surface area contributed by atoms with E-state index in [9.17, 15) is 4.79 Å². The van der Waals surface area contributed by atoms with Gasteiger partial charge in [0.25, 0.3) is 0 Å². The molecule has 0 N–H and O–H groups in total. The van der Waals surface area contributed by atoms with Gasteiger partial charge >= 0.3 is 0 Å². The van der Waals surface area contributed by atoms with Gasteiger partial charge < -0.3 is 0 Å². The highest BCUT2D eigenvalue weighted by molar-refractivity contribution is 6.00. The molecule has 1 nitrogen and oxygen atoms in total. The Hall–Kier alpha value is -1.11. The number of Topliss-reactive ketones (excluding diaryl/α,β-unsaturated/α-hetero) is 1. The Labute approximate surface area is 97.9 Å². The van der Waals surface area contributed by atoms with Gasteiger partial charge in [0.15, 0.2) is 5.78 Å². The first-order valence-electron chi connectivity index (χ1n) is 6.16. The van der Waals surface area contributed by atoms with Crippen LogP contribution < -0.4 is 0 Å². The fourth-order valence-electron chi connectivity index (χ4n) is 2.77. The van der Waals surface area contributed by atoms with Gasteiger partial charge in [0.1, 0.15) is 0 Å². The van der Waals surface area contributed by atoms with E-state index in [0.29, 0.717) is 17.6 Å². The molecule has 0 aliphatic heterocycles. The summed E-state index contributed by atoms with van der Waals surface area (Å²) < 4.78 is 0. The second kappa shape index (κ2) is 4.04. The molecule has 1 unspecified atom stereocenters. The summed E-state index contributed by atoms with van der Waals surface area (Å²) in [5.41, 5.74) is 4.85. The summed E-state index contributed by atoms with van der Waals surface area (Å²) in [5.74, 6) is 1.35. The predicted molar refractivity (Wildman–Crippen MR) is 67.1 cm³/mol. The highest BCUT2D eigenvalue weighted by atomic mass is 16.1. The van der Waals surface area contributed by atoms with Crippen LogP contribution in [0.3, 0.4) is 0 Å². The monoisotopic (exact) mass is 216 g/mol. The topological polar surface area (TPSA) is 17.1 Å². The Kier molecular flexibility index (Phi) is 2.88. The van der Waals surface area contributed by atoms with Crippen LogP contribution in [0.5, 0.6) is 0 Å². The van der Waals surface area contributed by atoms with E-state index in [2.05, 4.69) is 39.8 Å². The van der Waals surface area contributed by atoms with Crippen molar-refractivity contribution < 1.29 is 4.79 Å². The fraction of sp³-hybridized carbons (Fsp3) is 0.533. The van der Waals surface area contributed by atoms with Crippen LogP contribution in [-0.4, -0.2) is 5.78 Å². The van der Waals surface area contributed by atoms with Gasteiger partial charge in [-0.25, -0.2) is 0 Å². The number of carbonyl (C=O) groups excluding carboxylic acids is 1. The van der Waals surface area contributed by atoms with Crippen LogP contribution in [0.2, 0.25) is 0 Å². The van der Waals surface area contributed by atoms with Crippen molar-refractivity contribution in [3.8, 4) is 0 Å². The highest BCUT2D eigenvalue weighted by Gasteiger charge is 2.26. The molecular formula is C15H20O. The highest BCUT2D eigenvalue weighted by Crippen LogP contribution is 2.33. The van der Waals surface area contributed by atoms with Gasteiger partial charge in [-0.2, -0.15) is 0 Å². The number of benzene rings is 1. The number of rotatable bonds is 1. The van der Waals surface area contributed by atoms with Crippen molar-refractivity contribution in [2.24, 2.45) is 5.92 Å². The van der Waals surface area contributed by atoms with Crippen molar-refractivity contribution in [1.82, 2.24) is 0 Å². The maximum absolute atomic E-state index is 12.1. The zero-order chi connectivity index (χ0) is 11.9. The summed E-state index contributed by atoms with van der Waals surface area (Å²) in [6, 6.07) is 4.30. The Bertz CT molecular complexity index is 429. The van der Waals surface area contributed by atoms with Crippen LogP contribution in [0.4, 0.5) is 0 Å². The minimum Gasteiger partial charge on any atom is -0.294 e. The van der Waals surface area contributed by atoms with Gasteiger partial charge in [0, 0.05) is 12.0 Å². The van der Waals surface area contributed by atoms with E-state index >= 15 is 0 Å². The number of ketones is 1. The van der Waals surface area contributed by atoms with Crippen LogP contribution in [-0.2, 0) is 6.42 Å². The van der Waals surface area contributed by atoms with E-state index < -0.39 is 0 Å². The van der Waals surface area contributed by atoms with Crippen LogP contribution in [0, 0.1) is 12.8 Å². The smallest absolute Gasteiger partial charge is 0.163 e. The molecule has 1 aliphatic rings. The normalized spacial score (nSPS) is 20.1. The standard InChI is InChI=1S/C15H20O/c1-9(2)12-6-5-11(4)15-13(12)7-10(3)8-14(15)16/h5-6,9-10H,7-8H2,1-4H3. The van der Waals surface area contributed by atoms with Crippen LogP contribution in [0.1, 0.15) is 60.2 Å². The summed E-state index contributed by atoms with van der Waals surface area (Å²) in [6.07, 6.45) is 1.78. The molecule has 1 aliphatic carbocycles. The van der Waals surface area contributed by atoms with E-state index in [1.54, 1.807) is 0 Å². The first-order chi connectivity index (χ1) is 7.50. The number of hydrogen-bond acceptors (Lipinski definition) is 1. The van der Waals surface area contributed by atoms with E-state index in [1.165, 1.54) is 11.1 Å². The number of hydrogen-bond donors (Lipinski definition) is 0. The van der Waals surface area contributed by atoms with Crippen molar-refractivity contribution in [3.63, 3.8) is 0 Å². The molecule has 1 heteroatoms. The third kappa shape index (κ3) is 1.79. The van der Waals surface area contributed by atoms with Crippen molar-refractivity contribution in [2.45, 2.75) is 46.5 Å².